The molecule has 1 unspecified atom stereocenters. The monoisotopic (exact) mass is 379 g/mol. The van der Waals surface area contributed by atoms with Gasteiger partial charge in [-0.05, 0) is 69.2 Å². The second-order valence-electron chi connectivity index (χ2n) is 7.41. The van der Waals surface area contributed by atoms with Gasteiger partial charge in [-0.3, -0.25) is 9.59 Å². The zero-order valence-electron chi connectivity index (χ0n) is 17.2. The fourth-order valence-corrected chi connectivity index (χ4v) is 3.74. The number of benzene rings is 2. The van der Waals surface area contributed by atoms with Crippen molar-refractivity contribution in [1.29, 1.82) is 0 Å². The molecular weight excluding hydrogens is 350 g/mol. The Hall–Kier alpha value is -2.82. The van der Waals surface area contributed by atoms with E-state index in [1.54, 1.807) is 4.90 Å². The maximum Gasteiger partial charge on any atom is 0.229 e. The smallest absolute Gasteiger partial charge is 0.229 e. The fourth-order valence-electron chi connectivity index (χ4n) is 3.74. The van der Waals surface area contributed by atoms with E-state index in [4.69, 9.17) is 0 Å². The molecule has 3 rings (SSSR count). The number of amides is 2. The van der Waals surface area contributed by atoms with Crippen molar-refractivity contribution in [3.8, 4) is 0 Å². The van der Waals surface area contributed by atoms with Crippen LogP contribution in [0.25, 0.3) is 0 Å². The van der Waals surface area contributed by atoms with Gasteiger partial charge < -0.3 is 15.1 Å². The summed E-state index contributed by atoms with van der Waals surface area (Å²) < 4.78 is 0. The molecule has 0 spiro atoms. The Kier molecular flexibility index (Phi) is 6.02. The number of nitrogens with zero attached hydrogens (tertiary/aromatic N) is 2. The van der Waals surface area contributed by atoms with Gasteiger partial charge in [-0.2, -0.15) is 0 Å². The lowest BCUT2D eigenvalue weighted by Gasteiger charge is -2.22. The summed E-state index contributed by atoms with van der Waals surface area (Å²) >= 11 is 0. The van der Waals surface area contributed by atoms with Gasteiger partial charge >= 0.3 is 0 Å². The van der Waals surface area contributed by atoms with Crippen LogP contribution in [0.1, 0.15) is 31.4 Å². The van der Waals surface area contributed by atoms with Crippen LogP contribution in [0, 0.1) is 19.8 Å². The van der Waals surface area contributed by atoms with Crippen LogP contribution >= 0.6 is 0 Å². The van der Waals surface area contributed by atoms with Crippen LogP contribution in [0.4, 0.5) is 17.1 Å². The highest BCUT2D eigenvalue weighted by Gasteiger charge is 2.35. The molecule has 0 aliphatic carbocycles. The molecule has 28 heavy (non-hydrogen) atoms. The highest BCUT2D eigenvalue weighted by molar-refractivity contribution is 6.03. The molecule has 1 aliphatic rings. The fraction of sp³-hybridized carbons (Fsp3) is 0.391. The maximum atomic E-state index is 12.8. The van der Waals surface area contributed by atoms with Crippen LogP contribution in [0.15, 0.2) is 42.5 Å². The minimum atomic E-state index is -0.338. The number of carbonyl (C=O) groups excluding carboxylic acids is 2. The Morgan fingerprint density at radius 1 is 1.14 bits per heavy atom. The highest BCUT2D eigenvalue weighted by atomic mass is 16.2. The van der Waals surface area contributed by atoms with Crippen LogP contribution in [-0.2, 0) is 9.59 Å². The van der Waals surface area contributed by atoms with Gasteiger partial charge in [0.2, 0.25) is 11.8 Å². The van der Waals surface area contributed by atoms with Gasteiger partial charge in [-0.1, -0.05) is 12.1 Å². The van der Waals surface area contributed by atoms with Gasteiger partial charge in [0.15, 0.2) is 0 Å². The molecule has 1 heterocycles. The predicted molar refractivity (Wildman–Crippen MR) is 115 cm³/mol. The van der Waals surface area contributed by atoms with E-state index in [1.807, 2.05) is 50.2 Å². The predicted octanol–water partition coefficient (Wildman–Crippen LogP) is 4.14. The Balaban J connectivity index is 1.69. The molecule has 0 aromatic heterocycles. The standard InChI is InChI=1S/C23H29N3O2/c1-5-25(6-2)19-10-11-21(17(4)13-19)24-23(28)18-14-22(27)26(15-18)20-9-7-8-16(3)12-20/h7-13,18H,5-6,14-15H2,1-4H3,(H,24,28). The van der Waals surface area contributed by atoms with Gasteiger partial charge in [0.1, 0.15) is 0 Å². The largest absolute Gasteiger partial charge is 0.372 e. The third kappa shape index (κ3) is 4.19. The molecule has 5 heteroatoms. The van der Waals surface area contributed by atoms with Crippen molar-refractivity contribution in [2.45, 2.75) is 34.1 Å². The Morgan fingerprint density at radius 3 is 2.54 bits per heavy atom. The molecule has 1 fully saturated rings. The molecule has 0 bridgehead atoms. The van der Waals surface area contributed by atoms with Crippen molar-refractivity contribution in [3.05, 3.63) is 53.6 Å². The van der Waals surface area contributed by atoms with E-state index in [0.717, 1.165) is 41.3 Å². The van der Waals surface area contributed by atoms with Crippen molar-refractivity contribution in [2.24, 2.45) is 5.92 Å². The summed E-state index contributed by atoms with van der Waals surface area (Å²) in [6.07, 6.45) is 0.246. The van der Waals surface area contributed by atoms with Crippen molar-refractivity contribution in [3.63, 3.8) is 0 Å². The zero-order chi connectivity index (χ0) is 20.3. The van der Waals surface area contributed by atoms with Gasteiger partial charge in [0.05, 0.1) is 5.92 Å². The Labute approximate surface area is 167 Å². The van der Waals surface area contributed by atoms with Crippen molar-refractivity contribution in [2.75, 3.05) is 34.8 Å². The van der Waals surface area contributed by atoms with Crippen LogP contribution in [0.2, 0.25) is 0 Å². The first-order valence-corrected chi connectivity index (χ1v) is 9.96. The highest BCUT2D eigenvalue weighted by Crippen LogP contribution is 2.28. The third-order valence-corrected chi connectivity index (χ3v) is 5.41. The number of hydrogen-bond donors (Lipinski definition) is 1. The Bertz CT molecular complexity index is 874. The quantitative estimate of drug-likeness (QED) is 0.821. The van der Waals surface area contributed by atoms with Crippen LogP contribution in [0.3, 0.4) is 0 Å². The number of anilines is 3. The SMILES string of the molecule is CCN(CC)c1ccc(NC(=O)C2CC(=O)N(c3cccc(C)c3)C2)c(C)c1. The molecule has 0 radical (unpaired) electrons. The van der Waals surface area contributed by atoms with Crippen molar-refractivity contribution in [1.82, 2.24) is 0 Å². The summed E-state index contributed by atoms with van der Waals surface area (Å²) in [6, 6.07) is 13.9. The summed E-state index contributed by atoms with van der Waals surface area (Å²) in [4.78, 5) is 29.2. The van der Waals surface area contributed by atoms with Crippen LogP contribution < -0.4 is 15.1 Å². The van der Waals surface area contributed by atoms with Gasteiger partial charge in [0.25, 0.3) is 0 Å². The average molecular weight is 380 g/mol. The molecule has 0 saturated carbocycles. The summed E-state index contributed by atoms with van der Waals surface area (Å²) in [5.41, 5.74) is 4.95. The zero-order valence-corrected chi connectivity index (χ0v) is 17.2. The summed E-state index contributed by atoms with van der Waals surface area (Å²) in [7, 11) is 0. The summed E-state index contributed by atoms with van der Waals surface area (Å²) in [5.74, 6) is -0.434. The van der Waals surface area contributed by atoms with Gasteiger partial charge in [-0.25, -0.2) is 0 Å². The minimum absolute atomic E-state index is 0.000599. The van der Waals surface area contributed by atoms with E-state index in [2.05, 4.69) is 30.1 Å². The minimum Gasteiger partial charge on any atom is -0.372 e. The number of nitrogens with one attached hydrogen (secondary N) is 1. The van der Waals surface area contributed by atoms with Crippen LogP contribution in [0.5, 0.6) is 0 Å². The lowest BCUT2D eigenvalue weighted by Crippen LogP contribution is -2.28. The number of carbonyl (C=O) groups is 2. The second kappa shape index (κ2) is 8.46. The number of hydrogen-bond acceptors (Lipinski definition) is 3. The first-order chi connectivity index (χ1) is 13.4. The third-order valence-electron chi connectivity index (χ3n) is 5.41. The van der Waals surface area contributed by atoms with E-state index in [9.17, 15) is 9.59 Å². The summed E-state index contributed by atoms with van der Waals surface area (Å²) in [5, 5.41) is 3.02. The summed E-state index contributed by atoms with van der Waals surface area (Å²) in [6.45, 7) is 10.6. The van der Waals surface area contributed by atoms with E-state index < -0.39 is 0 Å². The molecule has 2 aromatic rings. The molecule has 1 saturated heterocycles. The number of aryl methyl sites for hydroxylation is 2. The van der Waals surface area contributed by atoms with E-state index in [-0.39, 0.29) is 24.2 Å². The molecule has 148 valence electrons. The molecular formula is C23H29N3O2. The number of rotatable bonds is 6. The molecule has 1 aliphatic heterocycles. The maximum absolute atomic E-state index is 12.8. The van der Waals surface area contributed by atoms with Gasteiger partial charge in [-0.15, -0.1) is 0 Å². The normalized spacial score (nSPS) is 16.4. The first kappa shape index (κ1) is 19.9. The molecule has 1 atom stereocenters. The molecule has 2 aromatic carbocycles. The average Bonchev–Trinajstić information content (AvgIpc) is 3.07. The van der Waals surface area contributed by atoms with E-state index >= 15 is 0 Å². The lowest BCUT2D eigenvalue weighted by atomic mass is 10.1. The molecule has 1 N–H and O–H groups in total. The van der Waals surface area contributed by atoms with Crippen molar-refractivity contribution >= 4 is 28.9 Å². The van der Waals surface area contributed by atoms with Crippen LogP contribution in [-0.4, -0.2) is 31.4 Å². The van der Waals surface area contributed by atoms with E-state index in [0.29, 0.717) is 6.54 Å². The molecule has 5 nitrogen and oxygen atoms in total. The topological polar surface area (TPSA) is 52.7 Å². The first-order valence-electron chi connectivity index (χ1n) is 9.96. The lowest BCUT2D eigenvalue weighted by molar-refractivity contribution is -0.122. The van der Waals surface area contributed by atoms with Gasteiger partial charge in [0, 0.05) is 43.1 Å². The Morgan fingerprint density at radius 2 is 1.89 bits per heavy atom. The second-order valence-corrected chi connectivity index (χ2v) is 7.41. The van der Waals surface area contributed by atoms with E-state index in [1.165, 1.54) is 0 Å². The van der Waals surface area contributed by atoms with Crippen molar-refractivity contribution < 1.29 is 9.59 Å². The molecule has 2 amide bonds.